The molecule has 3 rings (SSSR count). The van der Waals surface area contributed by atoms with Gasteiger partial charge >= 0.3 is 0 Å². The summed E-state index contributed by atoms with van der Waals surface area (Å²) < 4.78 is 2.11. The molecule has 2 heterocycles. The predicted molar refractivity (Wildman–Crippen MR) is 79.2 cm³/mol. The average molecular weight is 333 g/mol. The number of halogens is 1. The number of aromatic nitrogens is 4. The second-order valence-electron chi connectivity index (χ2n) is 4.70. The van der Waals surface area contributed by atoms with Gasteiger partial charge in [-0.3, -0.25) is 4.98 Å². The molecule has 102 valence electrons. The van der Waals surface area contributed by atoms with Gasteiger partial charge in [0.15, 0.2) is 4.60 Å². The van der Waals surface area contributed by atoms with E-state index in [1.165, 1.54) is 0 Å². The Morgan fingerprint density at radius 2 is 2.05 bits per heavy atom. The van der Waals surface area contributed by atoms with E-state index in [0.29, 0.717) is 10.3 Å². The van der Waals surface area contributed by atoms with Gasteiger partial charge in [-0.1, -0.05) is 17.3 Å². The summed E-state index contributed by atoms with van der Waals surface area (Å²) >= 11 is 3.31. The van der Waals surface area contributed by atoms with E-state index in [4.69, 9.17) is 0 Å². The molecular formula is C14H13BrN4O. The fourth-order valence-corrected chi connectivity index (χ4v) is 2.75. The van der Waals surface area contributed by atoms with Gasteiger partial charge in [0.25, 0.3) is 0 Å². The zero-order valence-electron chi connectivity index (χ0n) is 11.1. The Morgan fingerprint density at radius 3 is 2.75 bits per heavy atom. The maximum atomic E-state index is 10.5. The van der Waals surface area contributed by atoms with Crippen molar-refractivity contribution in [3.8, 4) is 0 Å². The lowest BCUT2D eigenvalue weighted by atomic mass is 10.0. The van der Waals surface area contributed by atoms with E-state index in [2.05, 4.69) is 31.2 Å². The largest absolute Gasteiger partial charge is 0.382 e. The number of aliphatic hydroxyl groups excluding tert-OH is 1. The quantitative estimate of drug-likeness (QED) is 0.783. The van der Waals surface area contributed by atoms with E-state index < -0.39 is 6.10 Å². The molecule has 0 amide bonds. The van der Waals surface area contributed by atoms with E-state index in [-0.39, 0.29) is 0 Å². The van der Waals surface area contributed by atoms with Gasteiger partial charge in [-0.15, -0.1) is 5.10 Å². The molecule has 0 aliphatic carbocycles. The van der Waals surface area contributed by atoms with E-state index in [9.17, 15) is 5.11 Å². The van der Waals surface area contributed by atoms with Gasteiger partial charge in [-0.2, -0.15) is 0 Å². The molecule has 0 bridgehead atoms. The van der Waals surface area contributed by atoms with Gasteiger partial charge in [-0.05, 0) is 46.6 Å². The minimum absolute atomic E-state index is 0.551. The zero-order valence-corrected chi connectivity index (χ0v) is 12.7. The first-order chi connectivity index (χ1) is 9.56. The van der Waals surface area contributed by atoms with Crippen LogP contribution in [0.2, 0.25) is 0 Å². The Morgan fingerprint density at radius 1 is 1.25 bits per heavy atom. The van der Waals surface area contributed by atoms with Crippen LogP contribution in [0.15, 0.2) is 34.9 Å². The topological polar surface area (TPSA) is 63.8 Å². The first-order valence-electron chi connectivity index (χ1n) is 6.16. The summed E-state index contributed by atoms with van der Waals surface area (Å²) in [7, 11) is 1.75. The number of rotatable bonds is 2. The Balaban J connectivity index is 2.08. The number of aryl methyl sites for hydroxylation is 2. The zero-order chi connectivity index (χ0) is 14.3. The molecule has 0 fully saturated rings. The summed E-state index contributed by atoms with van der Waals surface area (Å²) in [5.41, 5.74) is 3.31. The molecule has 20 heavy (non-hydrogen) atoms. The summed E-state index contributed by atoms with van der Waals surface area (Å²) in [6.07, 6.45) is -0.782. The van der Waals surface area contributed by atoms with Crippen molar-refractivity contribution in [3.05, 3.63) is 51.9 Å². The Hall–Kier alpha value is -1.79. The van der Waals surface area contributed by atoms with E-state index in [1.54, 1.807) is 11.7 Å². The van der Waals surface area contributed by atoms with Gasteiger partial charge in [0.05, 0.1) is 5.52 Å². The van der Waals surface area contributed by atoms with Crippen molar-refractivity contribution in [1.82, 2.24) is 20.0 Å². The standard InChI is InChI=1S/C14H13BrN4O/c1-8-3-4-9-7-10(5-6-11(9)16-8)13(20)12-14(15)17-18-19(12)2/h3-7,13,20H,1-2H3. The number of hydrogen-bond donors (Lipinski definition) is 1. The van der Waals surface area contributed by atoms with Crippen molar-refractivity contribution in [3.63, 3.8) is 0 Å². The molecule has 5 nitrogen and oxygen atoms in total. The van der Waals surface area contributed by atoms with Crippen LogP contribution in [0.4, 0.5) is 0 Å². The highest BCUT2D eigenvalue weighted by Gasteiger charge is 2.19. The highest BCUT2D eigenvalue weighted by Crippen LogP contribution is 2.28. The molecule has 1 unspecified atom stereocenters. The fraction of sp³-hybridized carbons (Fsp3) is 0.214. The summed E-state index contributed by atoms with van der Waals surface area (Å²) in [4.78, 5) is 4.45. The summed E-state index contributed by atoms with van der Waals surface area (Å²) in [5.74, 6) is 0. The van der Waals surface area contributed by atoms with Crippen LogP contribution in [0.5, 0.6) is 0 Å². The second kappa shape index (κ2) is 4.96. The highest BCUT2D eigenvalue weighted by molar-refractivity contribution is 9.10. The van der Waals surface area contributed by atoms with Crippen LogP contribution in [-0.2, 0) is 7.05 Å². The summed E-state index contributed by atoms with van der Waals surface area (Å²) in [6, 6.07) is 9.69. The minimum Gasteiger partial charge on any atom is -0.382 e. The molecule has 2 aromatic heterocycles. The van der Waals surface area contributed by atoms with Crippen LogP contribution >= 0.6 is 15.9 Å². The van der Waals surface area contributed by atoms with Crippen molar-refractivity contribution in [2.24, 2.45) is 7.05 Å². The number of hydrogen-bond acceptors (Lipinski definition) is 4. The van der Waals surface area contributed by atoms with Crippen molar-refractivity contribution >= 4 is 26.8 Å². The van der Waals surface area contributed by atoms with Crippen LogP contribution in [0.1, 0.15) is 23.1 Å². The van der Waals surface area contributed by atoms with Gasteiger partial charge in [0.1, 0.15) is 11.8 Å². The van der Waals surface area contributed by atoms with Crippen LogP contribution in [0.25, 0.3) is 10.9 Å². The van der Waals surface area contributed by atoms with E-state index in [0.717, 1.165) is 22.2 Å². The van der Waals surface area contributed by atoms with Crippen LogP contribution < -0.4 is 0 Å². The SMILES string of the molecule is Cc1ccc2cc(C(O)c3c(Br)nnn3C)ccc2n1. The maximum absolute atomic E-state index is 10.5. The van der Waals surface area contributed by atoms with Gasteiger partial charge < -0.3 is 5.11 Å². The minimum atomic E-state index is -0.782. The average Bonchev–Trinajstić information content (AvgIpc) is 2.77. The molecule has 0 aliphatic heterocycles. The lowest BCUT2D eigenvalue weighted by molar-refractivity contribution is 0.209. The number of nitrogens with zero attached hydrogens (tertiary/aromatic N) is 4. The normalized spacial score (nSPS) is 12.8. The monoisotopic (exact) mass is 332 g/mol. The van der Waals surface area contributed by atoms with Crippen molar-refractivity contribution in [2.45, 2.75) is 13.0 Å². The predicted octanol–water partition coefficient (Wildman–Crippen LogP) is 2.52. The van der Waals surface area contributed by atoms with Crippen LogP contribution in [-0.4, -0.2) is 25.1 Å². The number of fused-ring (bicyclic) bond motifs is 1. The van der Waals surface area contributed by atoms with Gasteiger partial charge in [0.2, 0.25) is 0 Å². The van der Waals surface area contributed by atoms with Crippen LogP contribution in [0.3, 0.4) is 0 Å². The number of pyridine rings is 1. The lowest BCUT2D eigenvalue weighted by Crippen LogP contribution is -2.07. The molecule has 0 saturated heterocycles. The Labute approximate surface area is 124 Å². The molecule has 0 spiro atoms. The molecule has 1 atom stereocenters. The van der Waals surface area contributed by atoms with Crippen molar-refractivity contribution in [2.75, 3.05) is 0 Å². The summed E-state index contributed by atoms with van der Waals surface area (Å²) in [6.45, 7) is 1.96. The highest BCUT2D eigenvalue weighted by atomic mass is 79.9. The van der Waals surface area contributed by atoms with Gasteiger partial charge in [0, 0.05) is 18.1 Å². The third kappa shape index (κ3) is 2.21. The smallest absolute Gasteiger partial charge is 0.154 e. The second-order valence-corrected chi connectivity index (χ2v) is 5.45. The molecule has 0 saturated carbocycles. The maximum Gasteiger partial charge on any atom is 0.154 e. The third-order valence-corrected chi connectivity index (χ3v) is 3.82. The van der Waals surface area contributed by atoms with Crippen LogP contribution in [0, 0.1) is 6.92 Å². The van der Waals surface area contributed by atoms with E-state index >= 15 is 0 Å². The third-order valence-electron chi connectivity index (χ3n) is 3.25. The molecule has 0 radical (unpaired) electrons. The first-order valence-corrected chi connectivity index (χ1v) is 6.96. The molecule has 3 aromatic rings. The van der Waals surface area contributed by atoms with Crippen molar-refractivity contribution < 1.29 is 5.11 Å². The fourth-order valence-electron chi connectivity index (χ4n) is 2.20. The lowest BCUT2D eigenvalue weighted by Gasteiger charge is -2.12. The first kappa shape index (κ1) is 13.2. The van der Waals surface area contributed by atoms with Gasteiger partial charge in [-0.25, -0.2) is 4.68 Å². The molecule has 1 aromatic carbocycles. The van der Waals surface area contributed by atoms with Crippen molar-refractivity contribution in [1.29, 1.82) is 0 Å². The molecule has 6 heteroatoms. The number of benzene rings is 1. The summed E-state index contributed by atoms with van der Waals surface area (Å²) in [5, 5.41) is 19.3. The number of aliphatic hydroxyl groups is 1. The molecule has 1 N–H and O–H groups in total. The molecular weight excluding hydrogens is 320 g/mol. The Bertz CT molecular complexity index is 764. The molecule has 0 aliphatic rings. The van der Waals surface area contributed by atoms with E-state index in [1.807, 2.05) is 37.3 Å². The Kier molecular flexibility index (Phi) is 3.27.